The summed E-state index contributed by atoms with van der Waals surface area (Å²) in [4.78, 5) is 11.9. The minimum Gasteiger partial charge on any atom is -0.392 e. The first kappa shape index (κ1) is 15.3. The second-order valence-electron chi connectivity index (χ2n) is 4.98. The van der Waals surface area contributed by atoms with Crippen molar-refractivity contribution in [3.8, 4) is 0 Å². The van der Waals surface area contributed by atoms with E-state index in [0.717, 1.165) is 12.2 Å². The summed E-state index contributed by atoms with van der Waals surface area (Å²) < 4.78 is 0. The van der Waals surface area contributed by atoms with Crippen molar-refractivity contribution in [1.82, 2.24) is 0 Å². The molecule has 1 rings (SSSR count). The largest absolute Gasteiger partial charge is 0.392 e. The molecule has 2 nitrogen and oxygen atoms in total. The van der Waals surface area contributed by atoms with Gasteiger partial charge in [0.25, 0.3) is 0 Å². The molecule has 0 aromatic heterocycles. The van der Waals surface area contributed by atoms with Gasteiger partial charge in [-0.1, -0.05) is 49.0 Å². The van der Waals surface area contributed by atoms with Gasteiger partial charge in [-0.3, -0.25) is 4.79 Å². The lowest BCUT2D eigenvalue weighted by Crippen LogP contribution is -2.36. The van der Waals surface area contributed by atoms with Crippen LogP contribution in [0.4, 0.5) is 0 Å². The lowest BCUT2D eigenvalue weighted by molar-refractivity contribution is -0.123. The van der Waals surface area contributed by atoms with Crippen LogP contribution in [0.25, 0.3) is 0 Å². The predicted molar refractivity (Wildman–Crippen MR) is 77.7 cm³/mol. The Labute approximate surface area is 114 Å². The molecule has 0 amide bonds. The highest BCUT2D eigenvalue weighted by molar-refractivity contribution is 8.13. The van der Waals surface area contributed by atoms with Crippen LogP contribution >= 0.6 is 11.8 Å². The van der Waals surface area contributed by atoms with Crippen molar-refractivity contribution >= 4 is 16.9 Å². The van der Waals surface area contributed by atoms with Gasteiger partial charge in [0, 0.05) is 0 Å². The summed E-state index contributed by atoms with van der Waals surface area (Å²) in [5, 5.41) is 10.3. The highest BCUT2D eigenvalue weighted by Crippen LogP contribution is 2.30. The van der Waals surface area contributed by atoms with E-state index in [1.807, 2.05) is 51.1 Å². The van der Waals surface area contributed by atoms with E-state index in [9.17, 15) is 9.90 Å². The molecule has 1 aromatic carbocycles. The molecule has 1 unspecified atom stereocenters. The van der Waals surface area contributed by atoms with E-state index in [1.54, 1.807) is 0 Å². The molecule has 100 valence electrons. The van der Waals surface area contributed by atoms with Crippen LogP contribution in [-0.4, -0.2) is 22.1 Å². The summed E-state index contributed by atoms with van der Waals surface area (Å²) in [5.41, 5.74) is 0.526. The van der Waals surface area contributed by atoms with E-state index < -0.39 is 11.5 Å². The summed E-state index contributed by atoms with van der Waals surface area (Å²) in [6, 6.07) is 10.0. The van der Waals surface area contributed by atoms with E-state index in [-0.39, 0.29) is 5.12 Å². The lowest BCUT2D eigenvalue weighted by Gasteiger charge is -2.28. The highest BCUT2D eigenvalue weighted by Gasteiger charge is 2.35. The van der Waals surface area contributed by atoms with E-state index in [4.69, 9.17) is 0 Å². The fourth-order valence-corrected chi connectivity index (χ4v) is 2.53. The Morgan fingerprint density at radius 2 is 1.94 bits per heavy atom. The average Bonchev–Trinajstić information content (AvgIpc) is 2.37. The van der Waals surface area contributed by atoms with E-state index in [2.05, 4.69) is 0 Å². The molecule has 18 heavy (non-hydrogen) atoms. The molecule has 0 radical (unpaired) electrons. The summed E-state index contributed by atoms with van der Waals surface area (Å²) in [6.45, 7) is 5.61. The Bertz CT molecular complexity index is 373. The van der Waals surface area contributed by atoms with Gasteiger partial charge in [0.1, 0.15) is 0 Å². The molecule has 0 spiro atoms. The maximum Gasteiger partial charge on any atom is 0.197 e. The molecule has 1 atom stereocenters. The number of thioether (sulfide) groups is 1. The van der Waals surface area contributed by atoms with Crippen LogP contribution in [0, 0.1) is 5.41 Å². The number of aliphatic hydroxyl groups is 1. The number of benzene rings is 1. The number of carbonyl (C=O) groups is 1. The first-order valence-corrected chi connectivity index (χ1v) is 7.36. The van der Waals surface area contributed by atoms with Gasteiger partial charge in [0.15, 0.2) is 5.12 Å². The van der Waals surface area contributed by atoms with Crippen LogP contribution in [0.15, 0.2) is 30.3 Å². The normalized spacial score (nSPS) is 13.3. The Balaban J connectivity index is 2.54. The van der Waals surface area contributed by atoms with Crippen molar-refractivity contribution in [2.45, 2.75) is 39.7 Å². The number of hydrogen-bond donors (Lipinski definition) is 1. The van der Waals surface area contributed by atoms with Gasteiger partial charge >= 0.3 is 0 Å². The fourth-order valence-electron chi connectivity index (χ4n) is 1.76. The quantitative estimate of drug-likeness (QED) is 0.858. The third kappa shape index (κ3) is 4.14. The Kier molecular flexibility index (Phi) is 5.89. The van der Waals surface area contributed by atoms with Gasteiger partial charge in [-0.15, -0.1) is 0 Å². The van der Waals surface area contributed by atoms with Crippen molar-refractivity contribution in [3.63, 3.8) is 0 Å². The standard InChI is InChI=1S/C15H22O2S/c1-4-18-14(17)15(2,3)13(16)11-10-12-8-6-5-7-9-12/h5-9,13,16H,4,10-11H2,1-3H3. The van der Waals surface area contributed by atoms with Crippen molar-refractivity contribution in [2.75, 3.05) is 5.75 Å². The Morgan fingerprint density at radius 1 is 1.33 bits per heavy atom. The third-order valence-electron chi connectivity index (χ3n) is 3.18. The maximum absolute atomic E-state index is 11.9. The van der Waals surface area contributed by atoms with Gasteiger partial charge in [0.05, 0.1) is 11.5 Å². The highest BCUT2D eigenvalue weighted by atomic mass is 32.2. The van der Waals surface area contributed by atoms with Crippen molar-refractivity contribution in [2.24, 2.45) is 5.41 Å². The zero-order valence-electron chi connectivity index (χ0n) is 11.3. The maximum atomic E-state index is 11.9. The first-order chi connectivity index (χ1) is 8.48. The fraction of sp³-hybridized carbons (Fsp3) is 0.533. The number of aliphatic hydroxyl groups excluding tert-OH is 1. The summed E-state index contributed by atoms with van der Waals surface area (Å²) in [6.07, 6.45) is 0.826. The third-order valence-corrected chi connectivity index (χ3v) is 4.26. The van der Waals surface area contributed by atoms with E-state index in [1.165, 1.54) is 17.3 Å². The van der Waals surface area contributed by atoms with E-state index >= 15 is 0 Å². The van der Waals surface area contributed by atoms with Crippen molar-refractivity contribution in [3.05, 3.63) is 35.9 Å². The lowest BCUT2D eigenvalue weighted by atomic mass is 9.85. The molecule has 0 aliphatic heterocycles. The van der Waals surface area contributed by atoms with Crippen molar-refractivity contribution < 1.29 is 9.90 Å². The van der Waals surface area contributed by atoms with Gasteiger partial charge in [-0.05, 0) is 38.0 Å². The summed E-state index contributed by atoms with van der Waals surface area (Å²) in [5.74, 6) is 0.758. The number of aryl methyl sites for hydroxylation is 1. The van der Waals surface area contributed by atoms with Crippen LogP contribution in [0.2, 0.25) is 0 Å². The van der Waals surface area contributed by atoms with Gasteiger partial charge < -0.3 is 5.11 Å². The summed E-state index contributed by atoms with van der Waals surface area (Å²) in [7, 11) is 0. The molecule has 0 heterocycles. The molecule has 3 heteroatoms. The SMILES string of the molecule is CCSC(=O)C(C)(C)C(O)CCc1ccccc1. The Morgan fingerprint density at radius 3 is 2.50 bits per heavy atom. The van der Waals surface area contributed by atoms with Crippen LogP contribution in [0.5, 0.6) is 0 Å². The van der Waals surface area contributed by atoms with Gasteiger partial charge in [-0.2, -0.15) is 0 Å². The second-order valence-corrected chi connectivity index (χ2v) is 6.22. The minimum atomic E-state index is -0.671. The Hall–Kier alpha value is -0.800. The van der Waals surface area contributed by atoms with Crippen LogP contribution in [-0.2, 0) is 11.2 Å². The van der Waals surface area contributed by atoms with Crippen LogP contribution in [0.3, 0.4) is 0 Å². The smallest absolute Gasteiger partial charge is 0.197 e. The zero-order valence-corrected chi connectivity index (χ0v) is 12.2. The van der Waals surface area contributed by atoms with Gasteiger partial charge in [-0.25, -0.2) is 0 Å². The van der Waals surface area contributed by atoms with Gasteiger partial charge in [0.2, 0.25) is 0 Å². The molecule has 0 fully saturated rings. The van der Waals surface area contributed by atoms with E-state index in [0.29, 0.717) is 6.42 Å². The average molecular weight is 266 g/mol. The zero-order chi connectivity index (χ0) is 13.6. The molecule has 0 saturated heterocycles. The topological polar surface area (TPSA) is 37.3 Å². The number of carbonyl (C=O) groups excluding carboxylic acids is 1. The molecular weight excluding hydrogens is 244 g/mol. The summed E-state index contributed by atoms with van der Waals surface area (Å²) >= 11 is 1.29. The van der Waals surface area contributed by atoms with Crippen LogP contribution < -0.4 is 0 Å². The number of rotatable bonds is 6. The molecule has 0 aliphatic carbocycles. The predicted octanol–water partition coefficient (Wildman–Crippen LogP) is 3.29. The van der Waals surface area contributed by atoms with Crippen molar-refractivity contribution in [1.29, 1.82) is 0 Å². The molecule has 0 aliphatic rings. The van der Waals surface area contributed by atoms with Crippen LogP contribution in [0.1, 0.15) is 32.8 Å². The number of hydrogen-bond acceptors (Lipinski definition) is 3. The molecule has 1 N–H and O–H groups in total. The second kappa shape index (κ2) is 6.95. The first-order valence-electron chi connectivity index (χ1n) is 6.37. The molecule has 0 bridgehead atoms. The monoisotopic (exact) mass is 266 g/mol. The molecular formula is C15H22O2S. The molecule has 1 aromatic rings. The minimum absolute atomic E-state index is 0.0746. The molecule has 0 saturated carbocycles.